The maximum Gasteiger partial charge on any atom is 0.267 e. The van der Waals surface area contributed by atoms with Crippen LogP contribution in [0.15, 0.2) is 48.9 Å². The highest BCUT2D eigenvalue weighted by Gasteiger charge is 2.21. The van der Waals surface area contributed by atoms with E-state index in [0.717, 1.165) is 38.3 Å². The van der Waals surface area contributed by atoms with Crippen molar-refractivity contribution in [3.63, 3.8) is 0 Å². The average Bonchev–Trinajstić information content (AvgIpc) is 3.35. The average molecular weight is 536 g/mol. The second kappa shape index (κ2) is 11.2. The fourth-order valence-electron chi connectivity index (χ4n) is 4.02. The number of halogens is 1. The molecule has 3 aromatic heterocycles. The molecule has 1 amide bonds. The molecule has 0 unspecified atom stereocenters. The number of nitrogens with one attached hydrogen (secondary N) is 2. The fourth-order valence-corrected chi connectivity index (χ4v) is 4.99. The summed E-state index contributed by atoms with van der Waals surface area (Å²) in [6, 6.07) is 9.57. The third-order valence-corrected chi connectivity index (χ3v) is 7.18. The molecule has 0 radical (unpaired) electrons. The van der Waals surface area contributed by atoms with E-state index in [0.29, 0.717) is 38.4 Å². The van der Waals surface area contributed by atoms with Crippen LogP contribution in [0.25, 0.3) is 0 Å². The number of hydrogen-bond acceptors (Lipinski definition) is 10. The second-order valence-electron chi connectivity index (χ2n) is 8.67. The van der Waals surface area contributed by atoms with Gasteiger partial charge in [0.05, 0.1) is 16.9 Å². The highest BCUT2D eigenvalue weighted by Crippen LogP contribution is 2.28. The fraction of sp³-hybridized carbons (Fsp3) is 0.280. The van der Waals surface area contributed by atoms with E-state index < -0.39 is 0 Å². The molecule has 0 saturated carbocycles. The van der Waals surface area contributed by atoms with E-state index in [1.165, 1.54) is 23.1 Å². The molecular formula is C25H26ClN9OS. The molecule has 12 heteroatoms. The van der Waals surface area contributed by atoms with E-state index >= 15 is 0 Å². The van der Waals surface area contributed by atoms with Gasteiger partial charge in [0.25, 0.3) is 5.91 Å². The lowest BCUT2D eigenvalue weighted by atomic mass is 10.2. The zero-order valence-electron chi connectivity index (χ0n) is 20.5. The number of hydrogen-bond donors (Lipinski definition) is 2. The van der Waals surface area contributed by atoms with Crippen molar-refractivity contribution < 1.29 is 4.79 Å². The van der Waals surface area contributed by atoms with Crippen molar-refractivity contribution in [2.24, 2.45) is 0 Å². The molecule has 1 aromatic carbocycles. The normalized spacial score (nSPS) is 14.0. The molecule has 0 atom stereocenters. The maximum absolute atomic E-state index is 12.8. The number of amides is 1. The number of anilines is 4. The van der Waals surface area contributed by atoms with Crippen molar-refractivity contribution in [2.75, 3.05) is 41.7 Å². The number of nitrogens with zero attached hydrogens (tertiary/aromatic N) is 7. The van der Waals surface area contributed by atoms with E-state index in [1.54, 1.807) is 6.07 Å². The van der Waals surface area contributed by atoms with E-state index in [2.05, 4.69) is 45.4 Å². The van der Waals surface area contributed by atoms with Crippen LogP contribution in [0.3, 0.4) is 0 Å². The Morgan fingerprint density at radius 3 is 2.59 bits per heavy atom. The first-order chi connectivity index (χ1) is 17.9. The monoisotopic (exact) mass is 535 g/mol. The van der Waals surface area contributed by atoms with E-state index in [4.69, 9.17) is 11.6 Å². The lowest BCUT2D eigenvalue weighted by Gasteiger charge is -2.34. The Morgan fingerprint density at radius 2 is 1.84 bits per heavy atom. The van der Waals surface area contributed by atoms with Gasteiger partial charge in [0.15, 0.2) is 5.13 Å². The molecular weight excluding hydrogens is 510 g/mol. The number of aryl methyl sites for hydroxylation is 2. The number of rotatable bonds is 7. The Kier molecular flexibility index (Phi) is 7.54. The van der Waals surface area contributed by atoms with Gasteiger partial charge in [-0.25, -0.2) is 4.98 Å². The van der Waals surface area contributed by atoms with Crippen LogP contribution in [-0.2, 0) is 6.54 Å². The van der Waals surface area contributed by atoms with E-state index in [9.17, 15) is 4.79 Å². The first-order valence-electron chi connectivity index (χ1n) is 11.8. The lowest BCUT2D eigenvalue weighted by Crippen LogP contribution is -2.46. The van der Waals surface area contributed by atoms with Gasteiger partial charge in [0, 0.05) is 45.1 Å². The Labute approximate surface area is 223 Å². The van der Waals surface area contributed by atoms with Crippen LogP contribution < -0.4 is 15.5 Å². The number of aromatic nitrogens is 5. The summed E-state index contributed by atoms with van der Waals surface area (Å²) in [5.74, 6) is 1.35. The van der Waals surface area contributed by atoms with Crippen molar-refractivity contribution in [3.05, 3.63) is 75.8 Å². The number of benzene rings is 1. The predicted molar refractivity (Wildman–Crippen MR) is 146 cm³/mol. The van der Waals surface area contributed by atoms with Gasteiger partial charge in [-0.05, 0) is 43.2 Å². The topological polar surface area (TPSA) is 112 Å². The van der Waals surface area contributed by atoms with Gasteiger partial charge in [-0.1, -0.05) is 35.1 Å². The molecule has 1 aliphatic heterocycles. The van der Waals surface area contributed by atoms with Gasteiger partial charge in [-0.3, -0.25) is 20.0 Å². The van der Waals surface area contributed by atoms with Gasteiger partial charge in [-0.2, -0.15) is 15.0 Å². The Morgan fingerprint density at radius 1 is 1.05 bits per heavy atom. The van der Waals surface area contributed by atoms with Crippen molar-refractivity contribution in [1.82, 2.24) is 29.8 Å². The molecule has 37 heavy (non-hydrogen) atoms. The second-order valence-corrected chi connectivity index (χ2v) is 10.1. The minimum Gasteiger partial charge on any atom is -0.338 e. The number of thiazole rings is 1. The quantitative estimate of drug-likeness (QED) is 0.357. The molecule has 1 saturated heterocycles. The van der Waals surface area contributed by atoms with Crippen LogP contribution >= 0.6 is 22.9 Å². The Bertz CT molecular complexity index is 1370. The smallest absolute Gasteiger partial charge is 0.267 e. The van der Waals surface area contributed by atoms with Crippen molar-refractivity contribution in [3.8, 4) is 0 Å². The third kappa shape index (κ3) is 6.19. The van der Waals surface area contributed by atoms with Crippen LogP contribution in [-0.4, -0.2) is 61.9 Å². The van der Waals surface area contributed by atoms with E-state index in [1.807, 2.05) is 50.5 Å². The summed E-state index contributed by atoms with van der Waals surface area (Å²) in [6.45, 7) is 8.08. The minimum absolute atomic E-state index is 0.279. The zero-order valence-corrected chi connectivity index (χ0v) is 22.1. The molecule has 4 aromatic rings. The van der Waals surface area contributed by atoms with Gasteiger partial charge >= 0.3 is 0 Å². The summed E-state index contributed by atoms with van der Waals surface area (Å²) in [7, 11) is 0. The summed E-state index contributed by atoms with van der Waals surface area (Å²) in [4.78, 5) is 39.8. The highest BCUT2D eigenvalue weighted by molar-refractivity contribution is 7.17. The molecule has 2 N–H and O–H groups in total. The number of piperazine rings is 1. The largest absolute Gasteiger partial charge is 0.338 e. The number of para-hydroxylation sites is 1. The van der Waals surface area contributed by atoms with Crippen molar-refractivity contribution in [1.29, 1.82) is 0 Å². The van der Waals surface area contributed by atoms with Gasteiger partial charge < -0.3 is 10.2 Å². The summed E-state index contributed by atoms with van der Waals surface area (Å²) in [5.41, 5.74) is 2.73. The van der Waals surface area contributed by atoms with Crippen LogP contribution in [0.5, 0.6) is 0 Å². The van der Waals surface area contributed by atoms with E-state index in [-0.39, 0.29) is 5.91 Å². The SMILES string of the molecule is Cc1nc(Nc2ncc(C(=O)Nc3c(C)cccc3Cl)s2)nc(N2CCN(Cc3ccncc3)CC2)n1. The minimum atomic E-state index is -0.279. The molecule has 1 fully saturated rings. The number of carbonyl (C=O) groups is 1. The molecule has 10 nitrogen and oxygen atoms in total. The third-order valence-electron chi connectivity index (χ3n) is 5.95. The molecule has 5 rings (SSSR count). The van der Waals surface area contributed by atoms with Gasteiger partial charge in [-0.15, -0.1) is 0 Å². The number of carbonyl (C=O) groups excluding carboxylic acids is 1. The van der Waals surface area contributed by atoms with Crippen molar-refractivity contribution in [2.45, 2.75) is 20.4 Å². The standard InChI is InChI=1S/C25H26ClN9OS/c1-16-4-3-5-19(26)21(16)31-22(36)20-14-28-25(37-20)33-23-29-17(2)30-24(32-23)35-12-10-34(11-13-35)15-18-6-8-27-9-7-18/h3-9,14H,10-13,15H2,1-2H3,(H,31,36)(H,28,29,30,32,33). The molecule has 0 spiro atoms. The molecule has 0 aliphatic carbocycles. The predicted octanol–water partition coefficient (Wildman–Crippen LogP) is 4.31. The van der Waals surface area contributed by atoms with Gasteiger partial charge in [0.1, 0.15) is 10.7 Å². The molecule has 4 heterocycles. The summed E-state index contributed by atoms with van der Waals surface area (Å²) in [5, 5.41) is 6.99. The van der Waals surface area contributed by atoms with Crippen molar-refractivity contribution >= 4 is 51.6 Å². The molecule has 0 bridgehead atoms. The Hall–Kier alpha value is -3.67. The summed E-state index contributed by atoms with van der Waals surface area (Å²) in [6.07, 6.45) is 5.17. The maximum atomic E-state index is 12.8. The molecule has 1 aliphatic rings. The van der Waals surface area contributed by atoms with Crippen LogP contribution in [0.1, 0.15) is 26.6 Å². The highest BCUT2D eigenvalue weighted by atomic mass is 35.5. The zero-order chi connectivity index (χ0) is 25.8. The molecule has 190 valence electrons. The number of pyridine rings is 1. The lowest BCUT2D eigenvalue weighted by molar-refractivity contribution is 0.103. The summed E-state index contributed by atoms with van der Waals surface area (Å²) < 4.78 is 0. The Balaban J connectivity index is 1.22. The first-order valence-corrected chi connectivity index (χ1v) is 13.0. The summed E-state index contributed by atoms with van der Waals surface area (Å²) >= 11 is 7.45. The van der Waals surface area contributed by atoms with Crippen LogP contribution in [0.2, 0.25) is 5.02 Å². The van der Waals surface area contributed by atoms with Gasteiger partial charge in [0.2, 0.25) is 11.9 Å². The van der Waals surface area contributed by atoms with Crippen LogP contribution in [0.4, 0.5) is 22.7 Å². The van der Waals surface area contributed by atoms with Crippen LogP contribution in [0, 0.1) is 13.8 Å². The first kappa shape index (κ1) is 25.0.